The lowest BCUT2D eigenvalue weighted by Crippen LogP contribution is -2.52. The Bertz CT molecular complexity index is 363. The summed E-state index contributed by atoms with van der Waals surface area (Å²) in [6.07, 6.45) is -5.08. The predicted octanol–water partition coefficient (Wildman–Crippen LogP) is -2.44. The second-order valence-corrected chi connectivity index (χ2v) is 3.41. The molecular formula is C9H16F3N3O6. The first-order chi connectivity index (χ1) is 9.50. The Morgan fingerprint density at radius 1 is 1.33 bits per heavy atom. The molecule has 12 heteroatoms. The van der Waals surface area contributed by atoms with Crippen molar-refractivity contribution in [1.29, 1.82) is 0 Å². The van der Waals surface area contributed by atoms with E-state index in [-0.39, 0.29) is 6.54 Å². The summed E-state index contributed by atoms with van der Waals surface area (Å²) in [4.78, 5) is 30.9. The van der Waals surface area contributed by atoms with Crippen LogP contribution in [0.3, 0.4) is 0 Å². The molecule has 0 unspecified atom stereocenters. The lowest BCUT2D eigenvalue weighted by Gasteiger charge is -2.16. The molecule has 0 radical (unpaired) electrons. The molecule has 0 rings (SSSR count). The van der Waals surface area contributed by atoms with E-state index in [4.69, 9.17) is 26.5 Å². The number of esters is 1. The van der Waals surface area contributed by atoms with Crippen molar-refractivity contribution >= 4 is 17.8 Å². The summed E-state index contributed by atoms with van der Waals surface area (Å²) in [5.74, 6) is -4.09. The zero-order chi connectivity index (χ0) is 17.2. The number of hydrogen-bond acceptors (Lipinski definition) is 7. The van der Waals surface area contributed by atoms with E-state index in [1.807, 2.05) is 0 Å². The van der Waals surface area contributed by atoms with Crippen LogP contribution in [0.5, 0.6) is 0 Å². The van der Waals surface area contributed by atoms with Crippen LogP contribution in [0.4, 0.5) is 13.2 Å². The molecule has 0 saturated heterocycles. The second kappa shape index (κ2) is 9.90. The largest absolute Gasteiger partial charge is 0.490 e. The fraction of sp³-hybridized carbons (Fsp3) is 0.667. The molecule has 124 valence electrons. The van der Waals surface area contributed by atoms with Gasteiger partial charge in [-0.25, -0.2) is 9.59 Å². The summed E-state index contributed by atoms with van der Waals surface area (Å²) in [7, 11) is 1.15. The van der Waals surface area contributed by atoms with E-state index in [0.717, 1.165) is 7.11 Å². The van der Waals surface area contributed by atoms with Crippen LogP contribution in [0.1, 0.15) is 0 Å². The maximum absolute atomic E-state index is 11.1. The molecular weight excluding hydrogens is 303 g/mol. The third-order valence-electron chi connectivity index (χ3n) is 1.82. The van der Waals surface area contributed by atoms with Gasteiger partial charge in [-0.05, 0) is 0 Å². The number of nitrogens with one attached hydrogen (secondary N) is 1. The Balaban J connectivity index is 0. The summed E-state index contributed by atoms with van der Waals surface area (Å²) in [6.45, 7) is -0.582. The zero-order valence-electron chi connectivity index (χ0n) is 10.9. The van der Waals surface area contributed by atoms with Crippen molar-refractivity contribution in [2.45, 2.75) is 18.3 Å². The smallest absolute Gasteiger partial charge is 0.475 e. The molecule has 21 heavy (non-hydrogen) atoms. The van der Waals surface area contributed by atoms with Gasteiger partial charge in [-0.15, -0.1) is 0 Å². The average Bonchev–Trinajstić information content (AvgIpc) is 2.42. The number of carboxylic acid groups (broad SMARTS) is 1. The fourth-order valence-corrected chi connectivity index (χ4v) is 0.707. The van der Waals surface area contributed by atoms with Crippen LogP contribution in [0.25, 0.3) is 0 Å². The van der Waals surface area contributed by atoms with Gasteiger partial charge in [0.2, 0.25) is 5.91 Å². The monoisotopic (exact) mass is 319 g/mol. The van der Waals surface area contributed by atoms with Crippen molar-refractivity contribution in [3.8, 4) is 0 Å². The number of nitrogens with two attached hydrogens (primary N) is 2. The highest BCUT2D eigenvalue weighted by Gasteiger charge is 2.38. The normalized spacial score (nSPS) is 13.3. The van der Waals surface area contributed by atoms with Crippen LogP contribution >= 0.6 is 0 Å². The Morgan fingerprint density at radius 2 is 1.76 bits per heavy atom. The van der Waals surface area contributed by atoms with Crippen LogP contribution in [0.15, 0.2) is 0 Å². The number of alkyl halides is 3. The number of ether oxygens (including phenoxy) is 1. The minimum atomic E-state index is -5.08. The number of rotatable bonds is 5. The van der Waals surface area contributed by atoms with Crippen LogP contribution in [0, 0.1) is 0 Å². The number of aliphatic hydroxyl groups is 1. The van der Waals surface area contributed by atoms with E-state index in [1.54, 1.807) is 0 Å². The van der Waals surface area contributed by atoms with Gasteiger partial charge in [-0.3, -0.25) is 4.79 Å². The van der Waals surface area contributed by atoms with E-state index in [9.17, 15) is 22.8 Å². The predicted molar refractivity (Wildman–Crippen MR) is 61.8 cm³/mol. The number of aliphatic carboxylic acids is 1. The highest BCUT2D eigenvalue weighted by atomic mass is 19.4. The number of methoxy groups -OCH3 is 1. The van der Waals surface area contributed by atoms with Crippen molar-refractivity contribution in [3.63, 3.8) is 0 Å². The van der Waals surface area contributed by atoms with Gasteiger partial charge in [0, 0.05) is 6.54 Å². The molecule has 0 aromatic carbocycles. The third kappa shape index (κ3) is 9.59. The minimum Gasteiger partial charge on any atom is -0.475 e. The summed E-state index contributed by atoms with van der Waals surface area (Å²) in [5.41, 5.74) is 10.4. The quantitative estimate of drug-likeness (QED) is 0.348. The maximum atomic E-state index is 11.1. The Kier molecular flexibility index (Phi) is 10.1. The average molecular weight is 319 g/mol. The fourth-order valence-electron chi connectivity index (χ4n) is 0.707. The lowest BCUT2D eigenvalue weighted by molar-refractivity contribution is -0.192. The first kappa shape index (κ1) is 21.4. The topological polar surface area (TPSA) is 165 Å². The molecule has 0 fully saturated rings. The Morgan fingerprint density at radius 3 is 2.00 bits per heavy atom. The van der Waals surface area contributed by atoms with E-state index in [1.165, 1.54) is 0 Å². The highest BCUT2D eigenvalue weighted by molar-refractivity contribution is 5.87. The zero-order valence-corrected chi connectivity index (χ0v) is 10.9. The third-order valence-corrected chi connectivity index (χ3v) is 1.82. The summed E-state index contributed by atoms with van der Waals surface area (Å²) >= 11 is 0. The number of carboxylic acids is 1. The van der Waals surface area contributed by atoms with Crippen LogP contribution in [-0.4, -0.2) is 66.6 Å². The van der Waals surface area contributed by atoms with Gasteiger partial charge in [-0.1, -0.05) is 0 Å². The molecule has 0 bridgehead atoms. The van der Waals surface area contributed by atoms with E-state index < -0.39 is 42.7 Å². The van der Waals surface area contributed by atoms with Gasteiger partial charge in [0.15, 0.2) is 6.04 Å². The number of halogens is 3. The molecule has 0 aliphatic rings. The first-order valence-corrected chi connectivity index (χ1v) is 5.26. The first-order valence-electron chi connectivity index (χ1n) is 5.26. The van der Waals surface area contributed by atoms with Crippen molar-refractivity contribution in [2.75, 3.05) is 20.3 Å². The number of hydrogen-bond donors (Lipinski definition) is 5. The molecule has 0 spiro atoms. The molecule has 0 aliphatic carbocycles. The molecule has 0 saturated carbocycles. The van der Waals surface area contributed by atoms with E-state index >= 15 is 0 Å². The van der Waals surface area contributed by atoms with Gasteiger partial charge < -0.3 is 31.7 Å². The maximum Gasteiger partial charge on any atom is 0.490 e. The molecule has 0 aromatic rings. The molecule has 0 heterocycles. The van der Waals surface area contributed by atoms with E-state index in [0.29, 0.717) is 0 Å². The van der Waals surface area contributed by atoms with Gasteiger partial charge in [0.1, 0.15) is 0 Å². The number of carbonyl (C=O) groups excluding carboxylic acids is 2. The van der Waals surface area contributed by atoms with Gasteiger partial charge in [0.25, 0.3) is 0 Å². The molecule has 0 aliphatic heterocycles. The molecule has 2 atom stereocenters. The Hall–Kier alpha value is -1.92. The standard InChI is InChI=1S/C7H15N3O4.C2HF3O2/c1-14-7(13)5(3-11)10-6(12)4(9)2-8;3-2(4,5)1(6)7/h4-5,11H,2-3,8-9H2,1H3,(H,10,12);(H,6,7)/t4-,5-;/m0./s1. The van der Waals surface area contributed by atoms with Gasteiger partial charge in [-0.2, -0.15) is 13.2 Å². The molecule has 1 amide bonds. The van der Waals surface area contributed by atoms with Crippen LogP contribution in [0.2, 0.25) is 0 Å². The number of aliphatic hydroxyl groups excluding tert-OH is 1. The van der Waals surface area contributed by atoms with E-state index in [2.05, 4.69) is 10.1 Å². The Labute approximate surface area is 117 Å². The minimum absolute atomic E-state index is 0.0366. The second-order valence-electron chi connectivity index (χ2n) is 3.41. The van der Waals surface area contributed by atoms with Gasteiger partial charge >= 0.3 is 18.1 Å². The molecule has 0 aromatic heterocycles. The van der Waals surface area contributed by atoms with Crippen molar-refractivity contribution in [2.24, 2.45) is 11.5 Å². The van der Waals surface area contributed by atoms with Crippen LogP contribution in [-0.2, 0) is 19.1 Å². The SMILES string of the molecule is COC(=O)[C@H](CO)NC(=O)[C@@H](N)CN.O=C(O)C(F)(F)F. The van der Waals surface area contributed by atoms with Crippen molar-refractivity contribution < 1.29 is 42.5 Å². The number of amides is 1. The van der Waals surface area contributed by atoms with Crippen molar-refractivity contribution in [3.05, 3.63) is 0 Å². The molecule has 7 N–H and O–H groups in total. The van der Waals surface area contributed by atoms with Crippen molar-refractivity contribution in [1.82, 2.24) is 5.32 Å². The highest BCUT2D eigenvalue weighted by Crippen LogP contribution is 2.13. The summed E-state index contributed by atoms with van der Waals surface area (Å²) < 4.78 is 36.1. The summed E-state index contributed by atoms with van der Waals surface area (Å²) in [5, 5.41) is 18.1. The summed E-state index contributed by atoms with van der Waals surface area (Å²) in [6, 6.07) is -1.99. The molecule has 9 nitrogen and oxygen atoms in total. The van der Waals surface area contributed by atoms with Crippen LogP contribution < -0.4 is 16.8 Å². The lowest BCUT2D eigenvalue weighted by atomic mass is 10.2. The van der Waals surface area contributed by atoms with Gasteiger partial charge in [0.05, 0.1) is 19.8 Å². The number of carbonyl (C=O) groups is 3.